The summed E-state index contributed by atoms with van der Waals surface area (Å²) in [4.78, 5) is 10.7. The zero-order chi connectivity index (χ0) is 6.85. The Hall–Kier alpha value is -1.06. The summed E-state index contributed by atoms with van der Waals surface area (Å²) in [5.74, 6) is 0. The van der Waals surface area contributed by atoms with Crippen molar-refractivity contribution in [1.29, 1.82) is 0 Å². The van der Waals surface area contributed by atoms with Gasteiger partial charge in [0.1, 0.15) is 6.33 Å². The topological polar surface area (TPSA) is 50.7 Å². The molecule has 0 bridgehead atoms. The van der Waals surface area contributed by atoms with Gasteiger partial charge in [0.25, 0.3) is 0 Å². The lowest BCUT2D eigenvalue weighted by Gasteiger charge is -2.00. The van der Waals surface area contributed by atoms with Crippen LogP contribution in [0.5, 0.6) is 0 Å². The Morgan fingerprint density at radius 2 is 2.44 bits per heavy atom. The molecule has 0 fully saturated rings. The molecule has 0 atom stereocenters. The number of H-pyrrole nitrogens is 1. The van der Waals surface area contributed by atoms with Crippen molar-refractivity contribution in [2.24, 2.45) is 0 Å². The summed E-state index contributed by atoms with van der Waals surface area (Å²) in [6.07, 6.45) is 1.49. The third-order valence-corrected chi connectivity index (χ3v) is 1.13. The largest absolute Gasteiger partial charge is 0.343 e. The number of aromatic amines is 1. The van der Waals surface area contributed by atoms with E-state index >= 15 is 0 Å². The molecule has 0 aliphatic heterocycles. The fourth-order valence-electron chi connectivity index (χ4n) is 0.624. The van der Waals surface area contributed by atoms with Gasteiger partial charge < -0.3 is 0 Å². The van der Waals surface area contributed by atoms with E-state index in [9.17, 15) is 4.79 Å². The molecule has 0 unspecified atom stereocenters. The van der Waals surface area contributed by atoms with E-state index in [2.05, 4.69) is 10.2 Å². The average molecular weight is 127 g/mol. The number of hydrogen-bond donors (Lipinski definition) is 1. The van der Waals surface area contributed by atoms with Gasteiger partial charge in [0.2, 0.25) is 0 Å². The summed E-state index contributed by atoms with van der Waals surface area (Å²) in [6.45, 7) is 3.86. The second-order valence-electron chi connectivity index (χ2n) is 2.16. The molecule has 0 aliphatic rings. The molecule has 4 heteroatoms. The molecule has 0 spiro atoms. The first-order chi connectivity index (χ1) is 4.22. The fourth-order valence-corrected chi connectivity index (χ4v) is 0.624. The highest BCUT2D eigenvalue weighted by molar-refractivity contribution is 4.66. The maximum atomic E-state index is 10.7. The summed E-state index contributed by atoms with van der Waals surface area (Å²) < 4.78 is 1.53. The Morgan fingerprint density at radius 3 is 2.67 bits per heavy atom. The number of rotatable bonds is 1. The normalized spacial score (nSPS) is 10.6. The van der Waals surface area contributed by atoms with Crippen LogP contribution in [-0.2, 0) is 0 Å². The maximum absolute atomic E-state index is 10.7. The van der Waals surface area contributed by atoms with E-state index in [4.69, 9.17) is 0 Å². The molecule has 1 heterocycles. The minimum atomic E-state index is -0.148. The molecular weight excluding hydrogens is 118 g/mol. The van der Waals surface area contributed by atoms with Crippen LogP contribution >= 0.6 is 0 Å². The molecular formula is C5H9N3O. The SMILES string of the molecule is CC(C)n1cn[nH]c1=O. The van der Waals surface area contributed by atoms with Crippen molar-refractivity contribution in [3.63, 3.8) is 0 Å². The summed E-state index contributed by atoms with van der Waals surface area (Å²) >= 11 is 0. The van der Waals surface area contributed by atoms with Gasteiger partial charge in [0, 0.05) is 6.04 Å². The second kappa shape index (κ2) is 2.05. The highest BCUT2D eigenvalue weighted by Gasteiger charge is 1.98. The van der Waals surface area contributed by atoms with E-state index < -0.39 is 0 Å². The quantitative estimate of drug-likeness (QED) is 0.584. The van der Waals surface area contributed by atoms with Crippen molar-refractivity contribution in [1.82, 2.24) is 14.8 Å². The number of nitrogens with zero attached hydrogens (tertiary/aromatic N) is 2. The van der Waals surface area contributed by atoms with Crippen molar-refractivity contribution >= 4 is 0 Å². The number of nitrogens with one attached hydrogen (secondary N) is 1. The molecule has 0 saturated carbocycles. The van der Waals surface area contributed by atoms with E-state index in [1.54, 1.807) is 0 Å². The first-order valence-corrected chi connectivity index (χ1v) is 2.83. The molecule has 0 aromatic carbocycles. The Balaban J connectivity index is 3.08. The smallest absolute Gasteiger partial charge is 0.279 e. The van der Waals surface area contributed by atoms with Crippen molar-refractivity contribution < 1.29 is 0 Å². The van der Waals surface area contributed by atoms with Gasteiger partial charge in [-0.15, -0.1) is 0 Å². The van der Waals surface area contributed by atoms with Crippen LogP contribution in [0.3, 0.4) is 0 Å². The Bertz CT molecular complexity index is 234. The van der Waals surface area contributed by atoms with Crippen LogP contribution in [0.1, 0.15) is 19.9 Å². The Morgan fingerprint density at radius 1 is 1.78 bits per heavy atom. The highest BCUT2D eigenvalue weighted by Crippen LogP contribution is 1.94. The highest BCUT2D eigenvalue weighted by atomic mass is 16.1. The zero-order valence-electron chi connectivity index (χ0n) is 5.46. The van der Waals surface area contributed by atoms with Gasteiger partial charge >= 0.3 is 5.69 Å². The molecule has 4 nitrogen and oxygen atoms in total. The van der Waals surface area contributed by atoms with Gasteiger partial charge in [0.15, 0.2) is 0 Å². The number of aromatic nitrogens is 3. The van der Waals surface area contributed by atoms with Crippen LogP contribution in [0.15, 0.2) is 11.1 Å². The van der Waals surface area contributed by atoms with Gasteiger partial charge in [-0.05, 0) is 13.8 Å². The first-order valence-electron chi connectivity index (χ1n) is 2.83. The fraction of sp³-hybridized carbons (Fsp3) is 0.600. The molecule has 0 saturated heterocycles. The Labute approximate surface area is 52.5 Å². The van der Waals surface area contributed by atoms with E-state index in [1.807, 2.05) is 13.8 Å². The van der Waals surface area contributed by atoms with Crippen LogP contribution < -0.4 is 5.69 Å². The minimum absolute atomic E-state index is 0.148. The van der Waals surface area contributed by atoms with E-state index in [1.165, 1.54) is 10.9 Å². The lowest BCUT2D eigenvalue weighted by molar-refractivity contribution is 0.579. The molecule has 0 radical (unpaired) electrons. The van der Waals surface area contributed by atoms with E-state index in [0.29, 0.717) is 0 Å². The predicted octanol–water partition coefficient (Wildman–Crippen LogP) is 0.152. The minimum Gasteiger partial charge on any atom is -0.279 e. The summed E-state index contributed by atoms with van der Waals surface area (Å²) in [7, 11) is 0. The molecule has 0 amide bonds. The van der Waals surface area contributed by atoms with Crippen molar-refractivity contribution in [3.8, 4) is 0 Å². The van der Waals surface area contributed by atoms with E-state index in [0.717, 1.165) is 0 Å². The predicted molar refractivity (Wildman–Crippen MR) is 33.2 cm³/mol. The first kappa shape index (κ1) is 6.07. The molecule has 0 aliphatic carbocycles. The lowest BCUT2D eigenvalue weighted by atomic mass is 10.4. The molecule has 1 rings (SSSR count). The monoisotopic (exact) mass is 127 g/mol. The molecule has 9 heavy (non-hydrogen) atoms. The van der Waals surface area contributed by atoms with E-state index in [-0.39, 0.29) is 11.7 Å². The molecule has 50 valence electrons. The summed E-state index contributed by atoms with van der Waals surface area (Å²) in [5.41, 5.74) is -0.148. The molecule has 1 N–H and O–H groups in total. The molecule has 1 aromatic heterocycles. The summed E-state index contributed by atoms with van der Waals surface area (Å²) in [6, 6.07) is 0.191. The van der Waals surface area contributed by atoms with Crippen molar-refractivity contribution in [3.05, 3.63) is 16.8 Å². The Kier molecular flexibility index (Phi) is 1.38. The van der Waals surface area contributed by atoms with Crippen LogP contribution in [0.2, 0.25) is 0 Å². The van der Waals surface area contributed by atoms with Gasteiger partial charge in [-0.1, -0.05) is 0 Å². The van der Waals surface area contributed by atoms with Crippen LogP contribution in [0.25, 0.3) is 0 Å². The van der Waals surface area contributed by atoms with Crippen molar-refractivity contribution in [2.75, 3.05) is 0 Å². The van der Waals surface area contributed by atoms with Gasteiger partial charge in [-0.25, -0.2) is 9.89 Å². The van der Waals surface area contributed by atoms with Crippen LogP contribution in [-0.4, -0.2) is 14.8 Å². The average Bonchev–Trinajstić information content (AvgIpc) is 2.13. The molecule has 1 aromatic rings. The lowest BCUT2D eigenvalue weighted by Crippen LogP contribution is -2.17. The van der Waals surface area contributed by atoms with Gasteiger partial charge in [-0.3, -0.25) is 4.57 Å². The zero-order valence-corrected chi connectivity index (χ0v) is 5.46. The number of hydrogen-bond acceptors (Lipinski definition) is 2. The van der Waals surface area contributed by atoms with Crippen LogP contribution in [0.4, 0.5) is 0 Å². The third-order valence-electron chi connectivity index (χ3n) is 1.13. The van der Waals surface area contributed by atoms with Crippen LogP contribution in [0, 0.1) is 0 Å². The van der Waals surface area contributed by atoms with Crippen molar-refractivity contribution in [2.45, 2.75) is 19.9 Å². The maximum Gasteiger partial charge on any atom is 0.343 e. The second-order valence-corrected chi connectivity index (χ2v) is 2.16. The van der Waals surface area contributed by atoms with Gasteiger partial charge in [0.05, 0.1) is 0 Å². The van der Waals surface area contributed by atoms with Gasteiger partial charge in [-0.2, -0.15) is 5.10 Å². The summed E-state index contributed by atoms with van der Waals surface area (Å²) in [5, 5.41) is 5.88. The third kappa shape index (κ3) is 1.01. The standard InChI is InChI=1S/C5H9N3O/c1-4(2)8-3-6-7-5(8)9/h3-4H,1-2H3,(H,7,9).